The number of thioether (sulfide) groups is 1. The Labute approximate surface area is 204 Å². The summed E-state index contributed by atoms with van der Waals surface area (Å²) in [5, 5.41) is 16.1. The Bertz CT molecular complexity index is 1420. The van der Waals surface area contributed by atoms with Crippen molar-refractivity contribution in [3.05, 3.63) is 92.7 Å². The molecule has 34 heavy (non-hydrogen) atoms. The minimum Gasteiger partial charge on any atom is -0.316 e. The van der Waals surface area contributed by atoms with Gasteiger partial charge >= 0.3 is 10.7 Å². The molecule has 0 fully saturated rings. The lowest BCUT2D eigenvalue weighted by Gasteiger charge is -2.22. The van der Waals surface area contributed by atoms with Crippen LogP contribution in [0.1, 0.15) is 33.9 Å². The van der Waals surface area contributed by atoms with E-state index in [1.807, 2.05) is 36.4 Å². The summed E-state index contributed by atoms with van der Waals surface area (Å²) in [6.45, 7) is 0. The molecule has 1 atom stereocenters. The summed E-state index contributed by atoms with van der Waals surface area (Å²) >= 11 is 2.57. The van der Waals surface area contributed by atoms with Crippen LogP contribution >= 0.6 is 23.1 Å². The van der Waals surface area contributed by atoms with Crippen LogP contribution in [0.25, 0.3) is 5.69 Å². The molecule has 170 valence electrons. The number of hydrogen-bond donors (Lipinski definition) is 2. The molecule has 0 spiro atoms. The van der Waals surface area contributed by atoms with Crippen LogP contribution in [0, 0.1) is 11.3 Å². The molecule has 0 radical (unpaired) electrons. The normalized spacial score (nSPS) is 14.9. The van der Waals surface area contributed by atoms with E-state index in [0.29, 0.717) is 16.5 Å². The van der Waals surface area contributed by atoms with Gasteiger partial charge in [0.25, 0.3) is 0 Å². The molecule has 1 aliphatic rings. The number of H-pyrrole nitrogens is 1. The first-order valence-corrected chi connectivity index (χ1v) is 12.7. The number of nitrogens with zero attached hydrogens (tertiary/aromatic N) is 2. The molecule has 0 aliphatic heterocycles. The highest BCUT2D eigenvalue weighted by Gasteiger charge is 2.28. The van der Waals surface area contributed by atoms with Crippen LogP contribution in [0.15, 0.2) is 75.0 Å². The van der Waals surface area contributed by atoms with Crippen molar-refractivity contribution in [3.63, 3.8) is 0 Å². The third-order valence-electron chi connectivity index (χ3n) is 5.86. The summed E-state index contributed by atoms with van der Waals surface area (Å²) in [4.78, 5) is 26.1. The summed E-state index contributed by atoms with van der Waals surface area (Å²) in [6.07, 6.45) is 2.67. The predicted molar refractivity (Wildman–Crippen MR) is 130 cm³/mol. The zero-order valence-corrected chi connectivity index (χ0v) is 19.7. The number of fused-ring (bicyclic) bond motifs is 1. The number of aromatic nitrogens is 2. The summed E-state index contributed by atoms with van der Waals surface area (Å²) in [7, 11) is 0. The van der Waals surface area contributed by atoms with Crippen molar-refractivity contribution in [2.45, 2.75) is 30.2 Å². The van der Waals surface area contributed by atoms with E-state index in [0.717, 1.165) is 47.2 Å². The Morgan fingerprint density at radius 3 is 2.68 bits per heavy atom. The van der Waals surface area contributed by atoms with Gasteiger partial charge in [0.1, 0.15) is 11.1 Å². The molecule has 5 rings (SSSR count). The standard InChI is InChI=1S/C25H20N4O3S2/c26-14-20-19-12-11-17(16-7-3-1-4-8-16)13-21(19)34-23(20)27-22(30)15-33-24-25(31)32-28-29(24)18-9-5-2-6-10-18/h1-10,17H,11-13,15H2,(H-,27,28,30,31)/p+1. The lowest BCUT2D eigenvalue weighted by molar-refractivity contribution is -0.704. The van der Waals surface area contributed by atoms with Crippen molar-refractivity contribution in [3.8, 4) is 11.8 Å². The minimum absolute atomic E-state index is 0.00945. The highest BCUT2D eigenvalue weighted by molar-refractivity contribution is 7.99. The van der Waals surface area contributed by atoms with Crippen LogP contribution in [0.4, 0.5) is 5.00 Å². The third kappa shape index (κ3) is 4.42. The number of nitriles is 1. The van der Waals surface area contributed by atoms with E-state index in [9.17, 15) is 14.9 Å². The van der Waals surface area contributed by atoms with E-state index in [1.165, 1.54) is 21.6 Å². The highest BCUT2D eigenvalue weighted by Crippen LogP contribution is 2.42. The van der Waals surface area contributed by atoms with Gasteiger partial charge in [-0.25, -0.2) is 4.79 Å². The molecule has 1 unspecified atom stereocenters. The van der Waals surface area contributed by atoms with Crippen molar-refractivity contribution in [2.75, 3.05) is 11.1 Å². The number of benzene rings is 2. The molecule has 0 bridgehead atoms. The molecule has 0 saturated carbocycles. The minimum atomic E-state index is -0.544. The van der Waals surface area contributed by atoms with Gasteiger partial charge in [0.2, 0.25) is 11.6 Å². The summed E-state index contributed by atoms with van der Waals surface area (Å²) in [6, 6.07) is 21.9. The molecule has 2 aromatic carbocycles. The average Bonchev–Trinajstić information content (AvgIpc) is 3.42. The van der Waals surface area contributed by atoms with Gasteiger partial charge in [-0.05, 0) is 58.0 Å². The second kappa shape index (κ2) is 9.71. The second-order valence-corrected chi connectivity index (χ2v) is 10.0. The van der Waals surface area contributed by atoms with E-state index < -0.39 is 5.63 Å². The number of para-hydroxylation sites is 1. The molecule has 2 heterocycles. The molecule has 2 aromatic heterocycles. The molecule has 0 saturated heterocycles. The van der Waals surface area contributed by atoms with Gasteiger partial charge in [0.05, 0.1) is 11.3 Å². The molecule has 7 nitrogen and oxygen atoms in total. The van der Waals surface area contributed by atoms with Crippen molar-refractivity contribution >= 4 is 34.0 Å². The van der Waals surface area contributed by atoms with E-state index in [4.69, 9.17) is 4.52 Å². The number of anilines is 1. The first kappa shape index (κ1) is 22.2. The Morgan fingerprint density at radius 1 is 1.21 bits per heavy atom. The lowest BCUT2D eigenvalue weighted by Crippen LogP contribution is -2.36. The molecule has 1 amide bonds. The molecular formula is C25H21N4O3S2+. The molecule has 1 aliphatic carbocycles. The molecular weight excluding hydrogens is 468 g/mol. The number of carbonyl (C=O) groups is 1. The molecule has 4 aromatic rings. The number of aromatic amines is 1. The average molecular weight is 490 g/mol. The predicted octanol–water partition coefficient (Wildman–Crippen LogP) is 4.18. The van der Waals surface area contributed by atoms with Crippen LogP contribution in [0.5, 0.6) is 0 Å². The zero-order valence-electron chi connectivity index (χ0n) is 18.1. The maximum absolute atomic E-state index is 12.7. The number of hydrogen-bond acceptors (Lipinski definition) is 6. The Kier molecular flexibility index (Phi) is 6.34. The van der Waals surface area contributed by atoms with E-state index in [1.54, 1.807) is 0 Å². The number of thiophene rings is 1. The van der Waals surface area contributed by atoms with Gasteiger partial charge in [-0.2, -0.15) is 5.26 Å². The summed E-state index contributed by atoms with van der Waals surface area (Å²) in [5.74, 6) is 0.148. The Morgan fingerprint density at radius 2 is 1.94 bits per heavy atom. The van der Waals surface area contributed by atoms with Crippen LogP contribution < -0.4 is 15.6 Å². The van der Waals surface area contributed by atoms with Gasteiger partial charge in [0, 0.05) is 17.0 Å². The zero-order chi connectivity index (χ0) is 23.5. The topological polar surface area (TPSA) is 103 Å². The Hall–Kier alpha value is -3.61. The fraction of sp³-hybridized carbons (Fsp3) is 0.200. The third-order valence-corrected chi connectivity index (χ3v) is 8.06. The molecule has 2 N–H and O–H groups in total. The second-order valence-electron chi connectivity index (χ2n) is 7.96. The Balaban J connectivity index is 1.29. The van der Waals surface area contributed by atoms with Crippen molar-refractivity contribution in [1.82, 2.24) is 5.27 Å². The van der Waals surface area contributed by atoms with Crippen molar-refractivity contribution in [1.29, 1.82) is 5.26 Å². The van der Waals surface area contributed by atoms with E-state index in [-0.39, 0.29) is 16.7 Å². The van der Waals surface area contributed by atoms with Gasteiger partial charge < -0.3 is 5.32 Å². The van der Waals surface area contributed by atoms with Crippen LogP contribution in [0.3, 0.4) is 0 Å². The maximum atomic E-state index is 12.7. The van der Waals surface area contributed by atoms with Crippen LogP contribution in [-0.2, 0) is 17.6 Å². The summed E-state index contributed by atoms with van der Waals surface area (Å²) < 4.78 is 6.44. The van der Waals surface area contributed by atoms with E-state index >= 15 is 0 Å². The first-order chi connectivity index (χ1) is 16.6. The molecule has 9 heteroatoms. The maximum Gasteiger partial charge on any atom is 0.442 e. The smallest absolute Gasteiger partial charge is 0.316 e. The summed E-state index contributed by atoms with van der Waals surface area (Å²) in [5.41, 5.74) is 3.10. The number of nitrogens with one attached hydrogen (secondary N) is 2. The first-order valence-electron chi connectivity index (χ1n) is 10.8. The quantitative estimate of drug-likeness (QED) is 0.312. The number of rotatable bonds is 6. The van der Waals surface area contributed by atoms with Crippen molar-refractivity contribution < 1.29 is 14.0 Å². The van der Waals surface area contributed by atoms with Gasteiger partial charge in [-0.3, -0.25) is 9.32 Å². The number of carbonyl (C=O) groups excluding carboxylic acids is 1. The van der Waals surface area contributed by atoms with E-state index in [2.05, 4.69) is 40.9 Å². The highest BCUT2D eigenvalue weighted by atomic mass is 32.2. The van der Waals surface area contributed by atoms with Gasteiger partial charge in [0.15, 0.2) is 0 Å². The van der Waals surface area contributed by atoms with Crippen molar-refractivity contribution in [2.24, 2.45) is 0 Å². The van der Waals surface area contributed by atoms with Crippen LogP contribution in [0.2, 0.25) is 0 Å². The monoisotopic (exact) mass is 489 g/mol. The fourth-order valence-corrected chi connectivity index (χ4v) is 6.30. The lowest BCUT2D eigenvalue weighted by atomic mass is 9.83. The largest absolute Gasteiger partial charge is 0.442 e. The van der Waals surface area contributed by atoms with Crippen LogP contribution in [-0.4, -0.2) is 16.9 Å². The fourth-order valence-electron chi connectivity index (χ4n) is 4.23. The van der Waals surface area contributed by atoms with Gasteiger partial charge in [-0.1, -0.05) is 48.5 Å². The van der Waals surface area contributed by atoms with Gasteiger partial charge in [-0.15, -0.1) is 11.3 Å². The number of amides is 1. The SMILES string of the molecule is N#Cc1c(NC(=O)CSc2c(=O)o[nH][n+]2-c2ccccc2)sc2c1CCC(c1ccccc1)C2.